The second kappa shape index (κ2) is 8.55. The van der Waals surface area contributed by atoms with E-state index in [1.54, 1.807) is 7.11 Å². The van der Waals surface area contributed by atoms with E-state index in [0.717, 1.165) is 21.6 Å². The number of aromatic nitrogens is 1. The number of carbonyl (C=O) groups is 1. The number of halogens is 1. The Morgan fingerprint density at radius 2 is 2.18 bits per heavy atom. The van der Waals surface area contributed by atoms with E-state index in [2.05, 4.69) is 4.98 Å². The SMILES string of the molecule is CO[C@@H]1CN(c2cc(F)c3c(c2)OC[C@H](CC(=O)c2sc4nc(C)ccc4c2N)C3)C[C@H]1N. The molecule has 2 aromatic heterocycles. The Balaban J connectivity index is 1.31. The molecule has 3 aromatic rings. The van der Waals surface area contributed by atoms with Gasteiger partial charge in [-0.3, -0.25) is 4.79 Å². The van der Waals surface area contributed by atoms with Crippen molar-refractivity contribution in [2.75, 3.05) is 37.4 Å². The molecule has 5 rings (SSSR count). The number of pyridine rings is 1. The lowest BCUT2D eigenvalue weighted by atomic mass is 9.91. The molecule has 0 radical (unpaired) electrons. The van der Waals surface area contributed by atoms with Crippen LogP contribution in [-0.2, 0) is 11.2 Å². The molecule has 0 unspecified atom stereocenters. The molecular formula is C24H27FN4O3S. The summed E-state index contributed by atoms with van der Waals surface area (Å²) < 4.78 is 26.4. The maximum atomic E-state index is 15.1. The minimum atomic E-state index is -0.324. The molecule has 3 atom stereocenters. The lowest BCUT2D eigenvalue weighted by molar-refractivity contribution is 0.0938. The lowest BCUT2D eigenvalue weighted by Gasteiger charge is -2.27. The fourth-order valence-electron chi connectivity index (χ4n) is 4.70. The summed E-state index contributed by atoms with van der Waals surface area (Å²) in [6.45, 7) is 3.46. The van der Waals surface area contributed by atoms with Crippen LogP contribution >= 0.6 is 11.3 Å². The predicted octanol–water partition coefficient (Wildman–Crippen LogP) is 3.31. The molecule has 33 heavy (non-hydrogen) atoms. The van der Waals surface area contributed by atoms with E-state index in [9.17, 15) is 4.79 Å². The highest BCUT2D eigenvalue weighted by Gasteiger charge is 2.32. The Bertz CT molecular complexity index is 1230. The third kappa shape index (κ3) is 4.05. The number of carbonyl (C=O) groups excluding carboxylic acids is 1. The van der Waals surface area contributed by atoms with Crippen molar-refractivity contribution in [1.29, 1.82) is 0 Å². The largest absolute Gasteiger partial charge is 0.493 e. The van der Waals surface area contributed by atoms with Gasteiger partial charge in [0.05, 0.1) is 29.3 Å². The summed E-state index contributed by atoms with van der Waals surface area (Å²) in [5.41, 5.74) is 14.9. The first kappa shape index (κ1) is 22.1. The standard InChI is InChI=1S/C24H27FN4O3S/c1-12-3-4-15-22(27)23(33-24(15)28-12)19(30)6-13-5-16-17(25)7-14(8-20(16)32-11-13)29-9-18(26)21(10-29)31-2/h3-4,7-8,13,18,21H,5-6,9-11,26-27H2,1-2H3/t13-,18+,21+/m0/s1. The maximum Gasteiger partial charge on any atom is 0.175 e. The zero-order chi connectivity index (χ0) is 23.3. The second-order valence-electron chi connectivity index (χ2n) is 8.91. The third-order valence-electron chi connectivity index (χ3n) is 6.54. The summed E-state index contributed by atoms with van der Waals surface area (Å²) in [6.07, 6.45) is 0.601. The molecule has 7 nitrogen and oxygen atoms in total. The molecule has 0 aliphatic carbocycles. The second-order valence-corrected chi connectivity index (χ2v) is 9.91. The molecule has 174 valence electrons. The fraction of sp³-hybridized carbons (Fsp3) is 0.417. The molecule has 0 spiro atoms. The Hall–Kier alpha value is -2.75. The number of Topliss-reactive ketones (excluding diaryl/α,β-unsaturated/α-hetero) is 1. The molecule has 0 bridgehead atoms. The van der Waals surface area contributed by atoms with Gasteiger partial charge < -0.3 is 25.8 Å². The van der Waals surface area contributed by atoms with Gasteiger partial charge in [0, 0.05) is 60.9 Å². The third-order valence-corrected chi connectivity index (χ3v) is 7.70. The number of anilines is 2. The summed E-state index contributed by atoms with van der Waals surface area (Å²) in [5.74, 6) is 0.0287. The summed E-state index contributed by atoms with van der Waals surface area (Å²) in [5, 5.41) is 0.801. The lowest BCUT2D eigenvalue weighted by Crippen LogP contribution is -2.34. The molecule has 4 heterocycles. The number of nitrogens with two attached hydrogens (primary N) is 2. The number of fused-ring (bicyclic) bond motifs is 2. The van der Waals surface area contributed by atoms with E-state index in [4.69, 9.17) is 20.9 Å². The Kier molecular flexibility index (Phi) is 5.72. The van der Waals surface area contributed by atoms with Crippen LogP contribution in [0.25, 0.3) is 10.2 Å². The van der Waals surface area contributed by atoms with Gasteiger partial charge in [-0.05, 0) is 31.5 Å². The minimum Gasteiger partial charge on any atom is -0.493 e. The van der Waals surface area contributed by atoms with Crippen LogP contribution in [0.1, 0.15) is 27.3 Å². The zero-order valence-electron chi connectivity index (χ0n) is 18.6. The van der Waals surface area contributed by atoms with Crippen LogP contribution < -0.4 is 21.1 Å². The molecule has 1 saturated heterocycles. The molecule has 1 fully saturated rings. The average Bonchev–Trinajstić information content (AvgIpc) is 3.33. The van der Waals surface area contributed by atoms with Crippen molar-refractivity contribution in [3.8, 4) is 5.75 Å². The molecule has 2 aliphatic rings. The fourth-order valence-corrected chi connectivity index (χ4v) is 5.79. The molecule has 9 heteroatoms. The number of nitrogen functional groups attached to an aromatic ring is 1. The number of aryl methyl sites for hydroxylation is 1. The van der Waals surface area contributed by atoms with Gasteiger partial charge in [-0.1, -0.05) is 0 Å². The van der Waals surface area contributed by atoms with E-state index >= 15 is 4.39 Å². The zero-order valence-corrected chi connectivity index (χ0v) is 19.5. The number of thiophene rings is 1. The van der Waals surface area contributed by atoms with Crippen LogP contribution in [0, 0.1) is 18.7 Å². The topological polar surface area (TPSA) is 104 Å². The van der Waals surface area contributed by atoms with Crippen LogP contribution in [-0.4, -0.2) is 49.7 Å². The first-order chi connectivity index (χ1) is 15.8. The molecule has 4 N–H and O–H groups in total. The van der Waals surface area contributed by atoms with Crippen molar-refractivity contribution < 1.29 is 18.7 Å². The quantitative estimate of drug-likeness (QED) is 0.552. The van der Waals surface area contributed by atoms with Crippen LogP contribution in [0.2, 0.25) is 0 Å². The average molecular weight is 471 g/mol. The van der Waals surface area contributed by atoms with Crippen LogP contribution in [0.3, 0.4) is 0 Å². The van der Waals surface area contributed by atoms with Gasteiger partial charge in [-0.15, -0.1) is 11.3 Å². The van der Waals surface area contributed by atoms with Gasteiger partial charge in [0.2, 0.25) is 0 Å². The van der Waals surface area contributed by atoms with Crippen LogP contribution in [0.4, 0.5) is 15.8 Å². The van der Waals surface area contributed by atoms with E-state index in [0.29, 0.717) is 48.0 Å². The van der Waals surface area contributed by atoms with Crippen molar-refractivity contribution in [1.82, 2.24) is 4.98 Å². The molecule has 2 aliphatic heterocycles. The number of hydrogen-bond donors (Lipinski definition) is 2. The molecule has 1 aromatic carbocycles. The van der Waals surface area contributed by atoms with E-state index in [1.165, 1.54) is 17.4 Å². The Morgan fingerprint density at radius 1 is 1.36 bits per heavy atom. The maximum absolute atomic E-state index is 15.1. The van der Waals surface area contributed by atoms with Crippen molar-refractivity contribution in [2.24, 2.45) is 11.7 Å². The van der Waals surface area contributed by atoms with Crippen LogP contribution in [0.5, 0.6) is 5.75 Å². The van der Waals surface area contributed by atoms with Crippen molar-refractivity contribution >= 4 is 38.7 Å². The monoisotopic (exact) mass is 470 g/mol. The first-order valence-electron chi connectivity index (χ1n) is 11.0. The minimum absolute atomic E-state index is 0.0566. The number of ketones is 1. The smallest absolute Gasteiger partial charge is 0.175 e. The highest BCUT2D eigenvalue weighted by Crippen LogP contribution is 2.38. The van der Waals surface area contributed by atoms with Gasteiger partial charge >= 0.3 is 0 Å². The van der Waals surface area contributed by atoms with Gasteiger partial charge in [0.1, 0.15) is 16.4 Å². The first-order valence-corrected chi connectivity index (χ1v) is 11.8. The van der Waals surface area contributed by atoms with E-state index in [-0.39, 0.29) is 36.1 Å². The Morgan fingerprint density at radius 3 is 2.94 bits per heavy atom. The number of ether oxygens (including phenoxy) is 2. The van der Waals surface area contributed by atoms with Gasteiger partial charge in [-0.25, -0.2) is 9.37 Å². The number of benzene rings is 1. The predicted molar refractivity (Wildman–Crippen MR) is 128 cm³/mol. The number of hydrogen-bond acceptors (Lipinski definition) is 8. The van der Waals surface area contributed by atoms with Crippen molar-refractivity contribution in [3.63, 3.8) is 0 Å². The highest BCUT2D eigenvalue weighted by atomic mass is 32.1. The normalized spacial score (nSPS) is 22.4. The van der Waals surface area contributed by atoms with Crippen LogP contribution in [0.15, 0.2) is 24.3 Å². The molecule has 0 saturated carbocycles. The highest BCUT2D eigenvalue weighted by molar-refractivity contribution is 7.21. The van der Waals surface area contributed by atoms with Crippen molar-refractivity contribution in [2.45, 2.75) is 31.9 Å². The summed E-state index contributed by atoms with van der Waals surface area (Å²) in [7, 11) is 1.63. The van der Waals surface area contributed by atoms with E-state index in [1.807, 2.05) is 30.0 Å². The Labute approximate surface area is 195 Å². The van der Waals surface area contributed by atoms with Gasteiger partial charge in [0.15, 0.2) is 5.78 Å². The number of nitrogens with zero attached hydrogens (tertiary/aromatic N) is 2. The van der Waals surface area contributed by atoms with Crippen molar-refractivity contribution in [3.05, 3.63) is 46.2 Å². The molecule has 0 amide bonds. The van der Waals surface area contributed by atoms with Gasteiger partial charge in [-0.2, -0.15) is 0 Å². The summed E-state index contributed by atoms with van der Waals surface area (Å²) in [4.78, 5) is 20.8. The van der Waals surface area contributed by atoms with E-state index < -0.39 is 0 Å². The number of rotatable bonds is 5. The van der Waals surface area contributed by atoms with Gasteiger partial charge in [0.25, 0.3) is 0 Å². The molecular weight excluding hydrogens is 443 g/mol. The summed E-state index contributed by atoms with van der Waals surface area (Å²) in [6, 6.07) is 7.04. The number of methoxy groups -OCH3 is 1. The summed E-state index contributed by atoms with van der Waals surface area (Å²) >= 11 is 1.32.